The normalized spacial score (nSPS) is 11.1. The van der Waals surface area contributed by atoms with E-state index in [0.717, 1.165) is 16.3 Å². The van der Waals surface area contributed by atoms with Gasteiger partial charge in [-0.15, -0.1) is 0 Å². The number of hydrogen-bond donors (Lipinski definition) is 1. The van der Waals surface area contributed by atoms with Gasteiger partial charge < -0.3 is 4.74 Å². The van der Waals surface area contributed by atoms with E-state index >= 15 is 0 Å². The van der Waals surface area contributed by atoms with Gasteiger partial charge in [0.2, 0.25) is 5.91 Å². The van der Waals surface area contributed by atoms with Crippen molar-refractivity contribution in [2.24, 2.45) is 5.10 Å². The van der Waals surface area contributed by atoms with Gasteiger partial charge in [-0.1, -0.05) is 42.5 Å². The molecule has 1 amide bonds. The van der Waals surface area contributed by atoms with Crippen LogP contribution in [0.5, 0.6) is 0 Å². The molecule has 0 unspecified atom stereocenters. The number of rotatable bonds is 6. The number of amides is 1. The Morgan fingerprint density at radius 1 is 1.25 bits per heavy atom. The molecule has 104 valence electrons. The zero-order valence-corrected chi connectivity index (χ0v) is 11.5. The summed E-state index contributed by atoms with van der Waals surface area (Å²) in [6.07, 6.45) is 1.99. The molecule has 0 aliphatic carbocycles. The molecule has 0 saturated heterocycles. The highest BCUT2D eigenvalue weighted by atomic mass is 16.5. The number of nitrogens with zero attached hydrogens (tertiary/aromatic N) is 1. The van der Waals surface area contributed by atoms with Gasteiger partial charge in [0.15, 0.2) is 0 Å². The van der Waals surface area contributed by atoms with Gasteiger partial charge in [-0.05, 0) is 17.7 Å². The fourth-order valence-corrected chi connectivity index (χ4v) is 1.90. The first-order valence-corrected chi connectivity index (χ1v) is 6.68. The highest BCUT2D eigenvalue weighted by Crippen LogP contribution is 2.16. The van der Waals surface area contributed by atoms with E-state index in [2.05, 4.69) is 10.5 Å². The van der Waals surface area contributed by atoms with Gasteiger partial charge in [-0.2, -0.15) is 5.10 Å². The SMILES string of the molecule is CCOCCC(=O)N/N=C/c1cccc2ccccc12. The van der Waals surface area contributed by atoms with Crippen LogP contribution < -0.4 is 5.43 Å². The Morgan fingerprint density at radius 3 is 2.90 bits per heavy atom. The molecule has 0 bridgehead atoms. The summed E-state index contributed by atoms with van der Waals surface area (Å²) in [5, 5.41) is 6.26. The molecule has 0 atom stereocenters. The molecule has 4 heteroatoms. The smallest absolute Gasteiger partial charge is 0.242 e. The lowest BCUT2D eigenvalue weighted by molar-refractivity contribution is -0.122. The molecule has 0 spiro atoms. The van der Waals surface area contributed by atoms with Crippen molar-refractivity contribution < 1.29 is 9.53 Å². The zero-order chi connectivity index (χ0) is 14.2. The van der Waals surface area contributed by atoms with E-state index in [1.807, 2.05) is 49.4 Å². The van der Waals surface area contributed by atoms with Gasteiger partial charge in [0.05, 0.1) is 19.2 Å². The molecule has 4 nitrogen and oxygen atoms in total. The zero-order valence-electron chi connectivity index (χ0n) is 11.5. The fourth-order valence-electron chi connectivity index (χ4n) is 1.90. The highest BCUT2D eigenvalue weighted by Gasteiger charge is 1.99. The second-order valence-electron chi connectivity index (χ2n) is 4.31. The summed E-state index contributed by atoms with van der Waals surface area (Å²) in [6, 6.07) is 14.1. The van der Waals surface area contributed by atoms with Gasteiger partial charge in [0, 0.05) is 12.2 Å². The van der Waals surface area contributed by atoms with Crippen molar-refractivity contribution in [3.05, 3.63) is 48.0 Å². The predicted molar refractivity (Wildman–Crippen MR) is 80.8 cm³/mol. The number of hydrogen-bond acceptors (Lipinski definition) is 3. The minimum Gasteiger partial charge on any atom is -0.381 e. The molecule has 0 heterocycles. The van der Waals surface area contributed by atoms with E-state index in [0.29, 0.717) is 19.6 Å². The van der Waals surface area contributed by atoms with Crippen LogP contribution in [0.3, 0.4) is 0 Å². The van der Waals surface area contributed by atoms with Crippen LogP contribution in [0.4, 0.5) is 0 Å². The first-order chi connectivity index (χ1) is 9.81. The summed E-state index contributed by atoms with van der Waals surface area (Å²) >= 11 is 0. The molecule has 0 radical (unpaired) electrons. The van der Waals surface area contributed by atoms with Crippen LogP contribution >= 0.6 is 0 Å². The number of carbonyl (C=O) groups is 1. The van der Waals surface area contributed by atoms with Crippen LogP contribution in [-0.2, 0) is 9.53 Å². The van der Waals surface area contributed by atoms with Crippen LogP contribution in [-0.4, -0.2) is 25.3 Å². The summed E-state index contributed by atoms with van der Waals surface area (Å²) < 4.78 is 5.11. The van der Waals surface area contributed by atoms with Crippen molar-refractivity contribution in [3.8, 4) is 0 Å². The summed E-state index contributed by atoms with van der Waals surface area (Å²) in [5.41, 5.74) is 3.49. The van der Waals surface area contributed by atoms with Crippen LogP contribution in [0.1, 0.15) is 18.9 Å². The van der Waals surface area contributed by atoms with Crippen LogP contribution in [0.25, 0.3) is 10.8 Å². The lowest BCUT2D eigenvalue weighted by atomic mass is 10.1. The average Bonchev–Trinajstić information content (AvgIpc) is 2.48. The molecule has 2 aromatic rings. The van der Waals surface area contributed by atoms with Crippen LogP contribution in [0, 0.1) is 0 Å². The third kappa shape index (κ3) is 3.90. The van der Waals surface area contributed by atoms with Crippen molar-refractivity contribution in [1.29, 1.82) is 0 Å². The number of ether oxygens (including phenoxy) is 1. The Hall–Kier alpha value is -2.20. The van der Waals surface area contributed by atoms with Crippen molar-refractivity contribution in [2.45, 2.75) is 13.3 Å². The van der Waals surface area contributed by atoms with Crippen molar-refractivity contribution >= 4 is 22.9 Å². The summed E-state index contributed by atoms with van der Waals surface area (Å²) in [5.74, 6) is -0.144. The second kappa shape index (κ2) is 7.40. The van der Waals surface area contributed by atoms with E-state index < -0.39 is 0 Å². The molecule has 0 saturated carbocycles. The molecular weight excluding hydrogens is 252 g/mol. The van der Waals surface area contributed by atoms with Gasteiger partial charge in [-0.25, -0.2) is 5.43 Å². The molecule has 0 aliphatic rings. The number of benzene rings is 2. The number of fused-ring (bicyclic) bond motifs is 1. The standard InChI is InChI=1S/C16H18N2O2/c1-2-20-11-10-16(19)18-17-12-14-8-5-7-13-6-3-4-9-15(13)14/h3-9,12H,2,10-11H2,1H3,(H,18,19)/b17-12+. The third-order valence-electron chi connectivity index (χ3n) is 2.89. The quantitative estimate of drug-likeness (QED) is 0.498. The third-order valence-corrected chi connectivity index (χ3v) is 2.89. The summed E-state index contributed by atoms with van der Waals surface area (Å²) in [6.45, 7) is 2.94. The minimum atomic E-state index is -0.144. The van der Waals surface area contributed by atoms with E-state index in [-0.39, 0.29) is 5.91 Å². The molecule has 0 aliphatic heterocycles. The first-order valence-electron chi connectivity index (χ1n) is 6.68. The van der Waals surface area contributed by atoms with Crippen LogP contribution in [0.15, 0.2) is 47.6 Å². The van der Waals surface area contributed by atoms with Gasteiger partial charge in [-0.3, -0.25) is 4.79 Å². The Bertz CT molecular complexity index is 603. The predicted octanol–water partition coefficient (Wildman–Crippen LogP) is 2.72. The van der Waals surface area contributed by atoms with Gasteiger partial charge in [0.25, 0.3) is 0 Å². The van der Waals surface area contributed by atoms with Crippen LogP contribution in [0.2, 0.25) is 0 Å². The van der Waals surface area contributed by atoms with E-state index in [4.69, 9.17) is 4.74 Å². The number of nitrogens with one attached hydrogen (secondary N) is 1. The lowest BCUT2D eigenvalue weighted by Gasteiger charge is -2.02. The number of hydrazone groups is 1. The monoisotopic (exact) mass is 270 g/mol. The fraction of sp³-hybridized carbons (Fsp3) is 0.250. The first kappa shape index (κ1) is 14.2. The molecular formula is C16H18N2O2. The average molecular weight is 270 g/mol. The van der Waals surface area contributed by atoms with E-state index in [9.17, 15) is 4.79 Å². The Kier molecular flexibility index (Phi) is 5.26. The molecule has 0 fully saturated rings. The molecule has 1 N–H and O–H groups in total. The maximum absolute atomic E-state index is 11.5. The Balaban J connectivity index is 1.98. The Morgan fingerprint density at radius 2 is 2.05 bits per heavy atom. The van der Waals surface area contributed by atoms with Crippen molar-refractivity contribution in [1.82, 2.24) is 5.43 Å². The molecule has 0 aromatic heterocycles. The van der Waals surface area contributed by atoms with Gasteiger partial charge in [0.1, 0.15) is 0 Å². The van der Waals surface area contributed by atoms with E-state index in [1.165, 1.54) is 0 Å². The largest absolute Gasteiger partial charge is 0.381 e. The summed E-state index contributed by atoms with van der Waals surface area (Å²) in [7, 11) is 0. The van der Waals surface area contributed by atoms with Crippen molar-refractivity contribution in [2.75, 3.05) is 13.2 Å². The topological polar surface area (TPSA) is 50.7 Å². The lowest BCUT2D eigenvalue weighted by Crippen LogP contribution is -2.19. The molecule has 2 rings (SSSR count). The van der Waals surface area contributed by atoms with Gasteiger partial charge >= 0.3 is 0 Å². The molecule has 2 aromatic carbocycles. The highest BCUT2D eigenvalue weighted by molar-refractivity contribution is 5.99. The molecule has 20 heavy (non-hydrogen) atoms. The second-order valence-corrected chi connectivity index (χ2v) is 4.31. The van der Waals surface area contributed by atoms with Crippen molar-refractivity contribution in [3.63, 3.8) is 0 Å². The minimum absolute atomic E-state index is 0.144. The maximum Gasteiger partial charge on any atom is 0.242 e. The summed E-state index contributed by atoms with van der Waals surface area (Å²) in [4.78, 5) is 11.5. The number of carbonyl (C=O) groups excluding carboxylic acids is 1. The van der Waals surface area contributed by atoms with E-state index in [1.54, 1.807) is 6.21 Å². The Labute approximate surface area is 118 Å². The maximum atomic E-state index is 11.5.